The SMILES string of the molecule is CCc1ccccc1SCC(C)(O)c1ccc2c(cnn2-c2ccccc2)c1. The number of nitrogens with zero attached hydrogens (tertiary/aromatic N) is 2. The number of hydrogen-bond acceptors (Lipinski definition) is 3. The molecule has 0 aliphatic carbocycles. The van der Waals surface area contributed by atoms with Gasteiger partial charge in [0, 0.05) is 16.0 Å². The fourth-order valence-corrected chi connectivity index (χ4v) is 4.56. The highest BCUT2D eigenvalue weighted by atomic mass is 32.2. The molecule has 0 radical (unpaired) electrons. The number of aromatic nitrogens is 2. The first kappa shape index (κ1) is 18.8. The highest BCUT2D eigenvalue weighted by Crippen LogP contribution is 2.33. The van der Waals surface area contributed by atoms with Crippen molar-refractivity contribution in [3.05, 3.63) is 90.1 Å². The molecule has 3 nitrogen and oxygen atoms in total. The van der Waals surface area contributed by atoms with E-state index in [1.165, 1.54) is 10.5 Å². The molecule has 142 valence electrons. The van der Waals surface area contributed by atoms with Crippen molar-refractivity contribution in [1.29, 1.82) is 0 Å². The van der Waals surface area contributed by atoms with Crippen molar-refractivity contribution < 1.29 is 5.11 Å². The first-order valence-electron chi connectivity index (χ1n) is 9.55. The van der Waals surface area contributed by atoms with E-state index in [4.69, 9.17) is 0 Å². The van der Waals surface area contributed by atoms with E-state index in [0.29, 0.717) is 5.75 Å². The fourth-order valence-electron chi connectivity index (χ4n) is 3.38. The van der Waals surface area contributed by atoms with Crippen molar-refractivity contribution in [2.45, 2.75) is 30.8 Å². The van der Waals surface area contributed by atoms with Crippen LogP contribution in [0.1, 0.15) is 25.0 Å². The van der Waals surface area contributed by atoms with Gasteiger partial charge >= 0.3 is 0 Å². The number of rotatable bonds is 6. The van der Waals surface area contributed by atoms with Crippen molar-refractivity contribution in [1.82, 2.24) is 9.78 Å². The lowest BCUT2D eigenvalue weighted by Crippen LogP contribution is -2.24. The van der Waals surface area contributed by atoms with Crippen LogP contribution in [0.25, 0.3) is 16.6 Å². The van der Waals surface area contributed by atoms with Gasteiger partial charge in [-0.05, 0) is 54.8 Å². The third-order valence-electron chi connectivity index (χ3n) is 5.05. The summed E-state index contributed by atoms with van der Waals surface area (Å²) < 4.78 is 1.93. The Bertz CT molecular complexity index is 1090. The lowest BCUT2D eigenvalue weighted by molar-refractivity contribution is 0.0841. The first-order chi connectivity index (χ1) is 13.6. The summed E-state index contributed by atoms with van der Waals surface area (Å²) in [5, 5.41) is 16.7. The van der Waals surface area contributed by atoms with E-state index in [1.807, 2.05) is 66.3 Å². The lowest BCUT2D eigenvalue weighted by Gasteiger charge is -2.24. The number of para-hydroxylation sites is 1. The third-order valence-corrected chi connectivity index (χ3v) is 6.47. The summed E-state index contributed by atoms with van der Waals surface area (Å²) in [5.74, 6) is 0.600. The molecular formula is C24H24N2OS. The Morgan fingerprint density at radius 1 is 1.00 bits per heavy atom. The van der Waals surface area contributed by atoms with Crippen molar-refractivity contribution in [3.63, 3.8) is 0 Å². The molecule has 0 aliphatic heterocycles. The second-order valence-corrected chi connectivity index (χ2v) is 8.21. The van der Waals surface area contributed by atoms with Crippen LogP contribution in [0.15, 0.2) is 83.9 Å². The van der Waals surface area contributed by atoms with Gasteiger partial charge in [-0.1, -0.05) is 49.4 Å². The Labute approximate surface area is 170 Å². The number of aryl methyl sites for hydroxylation is 1. The van der Waals surface area contributed by atoms with Crippen LogP contribution in [0.4, 0.5) is 0 Å². The predicted molar refractivity (Wildman–Crippen MR) is 117 cm³/mol. The monoisotopic (exact) mass is 388 g/mol. The molecular weight excluding hydrogens is 364 g/mol. The maximum Gasteiger partial charge on any atom is 0.0962 e. The first-order valence-corrected chi connectivity index (χ1v) is 10.5. The Kier molecular flexibility index (Phi) is 5.25. The molecule has 3 aromatic carbocycles. The van der Waals surface area contributed by atoms with Gasteiger partial charge in [-0.15, -0.1) is 11.8 Å². The quantitative estimate of drug-likeness (QED) is 0.438. The molecule has 0 saturated heterocycles. The van der Waals surface area contributed by atoms with E-state index in [1.54, 1.807) is 11.8 Å². The summed E-state index contributed by atoms with van der Waals surface area (Å²) in [6.45, 7) is 4.05. The predicted octanol–water partition coefficient (Wildman–Crippen LogP) is 5.59. The van der Waals surface area contributed by atoms with Crippen molar-refractivity contribution >= 4 is 22.7 Å². The van der Waals surface area contributed by atoms with Gasteiger partial charge < -0.3 is 5.11 Å². The normalized spacial score (nSPS) is 13.5. The van der Waals surface area contributed by atoms with E-state index in [-0.39, 0.29) is 0 Å². The summed E-state index contributed by atoms with van der Waals surface area (Å²) in [5.41, 5.74) is 3.38. The average molecular weight is 389 g/mol. The zero-order valence-electron chi connectivity index (χ0n) is 16.2. The van der Waals surface area contributed by atoms with Gasteiger partial charge in [0.15, 0.2) is 0 Å². The second-order valence-electron chi connectivity index (χ2n) is 7.19. The minimum Gasteiger partial charge on any atom is -0.385 e. The molecule has 1 heterocycles. The molecule has 0 amide bonds. The zero-order chi connectivity index (χ0) is 19.6. The van der Waals surface area contributed by atoms with Crippen LogP contribution in [0.5, 0.6) is 0 Å². The summed E-state index contributed by atoms with van der Waals surface area (Å²) >= 11 is 1.71. The summed E-state index contributed by atoms with van der Waals surface area (Å²) in [4.78, 5) is 1.24. The maximum absolute atomic E-state index is 11.1. The standard InChI is InChI=1S/C24H24N2OS/c1-3-18-9-7-8-12-23(18)28-17-24(2,27)20-13-14-22-19(15-20)16-25-26(22)21-10-5-4-6-11-21/h4-16,27H,3,17H2,1-2H3. The molecule has 28 heavy (non-hydrogen) atoms. The van der Waals surface area contributed by atoms with Crippen molar-refractivity contribution in [2.24, 2.45) is 0 Å². The van der Waals surface area contributed by atoms with Crippen LogP contribution < -0.4 is 0 Å². The van der Waals surface area contributed by atoms with Gasteiger partial charge in [-0.3, -0.25) is 0 Å². The Morgan fingerprint density at radius 2 is 1.75 bits per heavy atom. The van der Waals surface area contributed by atoms with Crippen molar-refractivity contribution in [2.75, 3.05) is 5.75 Å². The van der Waals surface area contributed by atoms with Crippen LogP contribution in [0, 0.1) is 0 Å². The zero-order valence-corrected chi connectivity index (χ0v) is 17.0. The van der Waals surface area contributed by atoms with E-state index < -0.39 is 5.60 Å². The van der Waals surface area contributed by atoms with E-state index in [0.717, 1.165) is 28.6 Å². The van der Waals surface area contributed by atoms with Crippen LogP contribution in [-0.2, 0) is 12.0 Å². The number of benzene rings is 3. The highest BCUT2D eigenvalue weighted by molar-refractivity contribution is 7.99. The Balaban J connectivity index is 1.59. The molecule has 1 aromatic heterocycles. The molecule has 4 rings (SSSR count). The minimum absolute atomic E-state index is 0.600. The second kappa shape index (κ2) is 7.82. The summed E-state index contributed by atoms with van der Waals surface area (Å²) in [7, 11) is 0. The van der Waals surface area contributed by atoms with Gasteiger partial charge in [0.1, 0.15) is 0 Å². The molecule has 1 unspecified atom stereocenters. The molecule has 0 saturated carbocycles. The molecule has 4 heteroatoms. The highest BCUT2D eigenvalue weighted by Gasteiger charge is 2.24. The summed E-state index contributed by atoms with van der Waals surface area (Å²) in [6.07, 6.45) is 2.86. The number of aliphatic hydroxyl groups is 1. The maximum atomic E-state index is 11.1. The number of thioether (sulfide) groups is 1. The average Bonchev–Trinajstić information content (AvgIpc) is 3.16. The molecule has 4 aromatic rings. The Morgan fingerprint density at radius 3 is 2.54 bits per heavy atom. The van der Waals surface area contributed by atoms with Gasteiger partial charge in [0.2, 0.25) is 0 Å². The van der Waals surface area contributed by atoms with Gasteiger partial charge in [-0.25, -0.2) is 4.68 Å². The van der Waals surface area contributed by atoms with Gasteiger partial charge in [-0.2, -0.15) is 5.10 Å². The molecule has 0 spiro atoms. The summed E-state index contributed by atoms with van der Waals surface area (Å²) in [6, 6.07) is 24.6. The number of fused-ring (bicyclic) bond motifs is 1. The van der Waals surface area contributed by atoms with Crippen LogP contribution in [0.3, 0.4) is 0 Å². The van der Waals surface area contributed by atoms with Crippen LogP contribution in [-0.4, -0.2) is 20.6 Å². The van der Waals surface area contributed by atoms with Gasteiger partial charge in [0.05, 0.1) is 23.0 Å². The van der Waals surface area contributed by atoms with Crippen LogP contribution >= 0.6 is 11.8 Å². The molecule has 0 bridgehead atoms. The van der Waals surface area contributed by atoms with E-state index in [9.17, 15) is 5.11 Å². The molecule has 0 aliphatic rings. The molecule has 1 atom stereocenters. The number of hydrogen-bond donors (Lipinski definition) is 1. The Hall–Kier alpha value is -2.56. The topological polar surface area (TPSA) is 38.1 Å². The van der Waals surface area contributed by atoms with Crippen molar-refractivity contribution in [3.8, 4) is 5.69 Å². The molecule has 1 N–H and O–H groups in total. The third kappa shape index (κ3) is 3.71. The lowest BCUT2D eigenvalue weighted by atomic mass is 9.97. The minimum atomic E-state index is -0.922. The largest absolute Gasteiger partial charge is 0.385 e. The smallest absolute Gasteiger partial charge is 0.0962 e. The van der Waals surface area contributed by atoms with E-state index in [2.05, 4.69) is 36.3 Å². The molecule has 0 fully saturated rings. The van der Waals surface area contributed by atoms with Gasteiger partial charge in [0.25, 0.3) is 0 Å². The fraction of sp³-hybridized carbons (Fsp3) is 0.208. The van der Waals surface area contributed by atoms with E-state index >= 15 is 0 Å². The van der Waals surface area contributed by atoms with Crippen LogP contribution in [0.2, 0.25) is 0 Å².